The fourth-order valence-electron chi connectivity index (χ4n) is 1.59. The Balaban J connectivity index is 2.67. The van der Waals surface area contributed by atoms with E-state index >= 15 is 0 Å². The van der Waals surface area contributed by atoms with E-state index in [2.05, 4.69) is 5.32 Å². The molecule has 1 atom stereocenters. The van der Waals surface area contributed by atoms with Crippen LogP contribution in [0.1, 0.15) is 20.3 Å². The van der Waals surface area contributed by atoms with Crippen molar-refractivity contribution < 1.29 is 9.53 Å². The quantitative estimate of drug-likeness (QED) is 0.865. The van der Waals surface area contributed by atoms with Crippen LogP contribution < -0.4 is 15.8 Å². The van der Waals surface area contributed by atoms with Crippen molar-refractivity contribution in [1.29, 1.82) is 0 Å². The van der Waals surface area contributed by atoms with Crippen LogP contribution in [0.3, 0.4) is 0 Å². The zero-order valence-corrected chi connectivity index (χ0v) is 11.6. The number of carbonyl (C=O) groups is 1. The van der Waals surface area contributed by atoms with Gasteiger partial charge in [0.25, 0.3) is 0 Å². The molecule has 1 rings (SSSR count). The molecule has 0 aliphatic rings. The highest BCUT2D eigenvalue weighted by Crippen LogP contribution is 2.27. The first-order chi connectivity index (χ1) is 8.43. The van der Waals surface area contributed by atoms with Crippen molar-refractivity contribution >= 4 is 23.2 Å². The minimum atomic E-state index is -0.508. The molecule has 0 saturated carbocycles. The van der Waals surface area contributed by atoms with Crippen molar-refractivity contribution in [2.45, 2.75) is 26.3 Å². The maximum absolute atomic E-state index is 11.8. The van der Waals surface area contributed by atoms with E-state index < -0.39 is 6.04 Å². The zero-order valence-electron chi connectivity index (χ0n) is 10.9. The van der Waals surface area contributed by atoms with Crippen LogP contribution in [0, 0.1) is 5.92 Å². The highest BCUT2D eigenvalue weighted by molar-refractivity contribution is 6.32. The molecular weight excluding hydrogens is 252 g/mol. The maximum Gasteiger partial charge on any atom is 0.241 e. The highest BCUT2D eigenvalue weighted by atomic mass is 35.5. The Morgan fingerprint density at radius 1 is 1.50 bits per heavy atom. The summed E-state index contributed by atoms with van der Waals surface area (Å²) in [7, 11) is 1.54. The summed E-state index contributed by atoms with van der Waals surface area (Å²) < 4.78 is 5.04. The number of amides is 1. The molecule has 0 spiro atoms. The van der Waals surface area contributed by atoms with Crippen molar-refractivity contribution in [2.24, 2.45) is 11.7 Å². The lowest BCUT2D eigenvalue weighted by Crippen LogP contribution is -2.36. The van der Waals surface area contributed by atoms with E-state index in [1.165, 1.54) is 7.11 Å². The normalized spacial score (nSPS) is 12.3. The third-order valence-corrected chi connectivity index (χ3v) is 2.78. The summed E-state index contributed by atoms with van der Waals surface area (Å²) >= 11 is 5.97. The van der Waals surface area contributed by atoms with Crippen molar-refractivity contribution in [3.63, 3.8) is 0 Å². The molecule has 0 aromatic heterocycles. The first-order valence-corrected chi connectivity index (χ1v) is 6.21. The SMILES string of the molecule is COc1ccc(NC(=O)[C@@H](N)CC(C)C)cc1Cl. The van der Waals surface area contributed by atoms with Crippen LogP contribution in [0.15, 0.2) is 18.2 Å². The fourth-order valence-corrected chi connectivity index (χ4v) is 1.85. The number of carbonyl (C=O) groups excluding carboxylic acids is 1. The summed E-state index contributed by atoms with van der Waals surface area (Å²) in [5, 5.41) is 3.19. The van der Waals surface area contributed by atoms with Gasteiger partial charge >= 0.3 is 0 Å². The lowest BCUT2D eigenvalue weighted by molar-refractivity contribution is -0.117. The van der Waals surface area contributed by atoms with Gasteiger partial charge in [-0.05, 0) is 30.5 Å². The van der Waals surface area contributed by atoms with E-state index in [0.29, 0.717) is 28.8 Å². The summed E-state index contributed by atoms with van der Waals surface area (Å²) in [4.78, 5) is 11.8. The predicted octanol–water partition coefficient (Wildman–Crippen LogP) is 2.66. The Labute approximate surface area is 112 Å². The number of halogens is 1. The summed E-state index contributed by atoms with van der Waals surface area (Å²) in [5.74, 6) is 0.747. The number of benzene rings is 1. The van der Waals surface area contributed by atoms with Gasteiger partial charge in [0, 0.05) is 5.69 Å². The van der Waals surface area contributed by atoms with Crippen LogP contribution in [0.2, 0.25) is 5.02 Å². The lowest BCUT2D eigenvalue weighted by Gasteiger charge is -2.14. The summed E-state index contributed by atoms with van der Waals surface area (Å²) in [6, 6.07) is 4.56. The molecule has 0 unspecified atom stereocenters. The van der Waals surface area contributed by atoms with Gasteiger partial charge < -0.3 is 15.8 Å². The van der Waals surface area contributed by atoms with Crippen LogP contribution in [-0.2, 0) is 4.79 Å². The number of hydrogen-bond acceptors (Lipinski definition) is 3. The number of nitrogens with two attached hydrogens (primary N) is 1. The van der Waals surface area contributed by atoms with E-state index in [1.54, 1.807) is 18.2 Å². The van der Waals surface area contributed by atoms with Gasteiger partial charge in [-0.3, -0.25) is 4.79 Å². The average molecular weight is 271 g/mol. The Morgan fingerprint density at radius 3 is 2.67 bits per heavy atom. The number of ether oxygens (including phenoxy) is 1. The first kappa shape index (κ1) is 14.8. The monoisotopic (exact) mass is 270 g/mol. The minimum absolute atomic E-state index is 0.204. The number of nitrogens with one attached hydrogen (secondary N) is 1. The van der Waals surface area contributed by atoms with E-state index in [1.807, 2.05) is 13.8 Å². The van der Waals surface area contributed by atoms with Gasteiger partial charge in [-0.1, -0.05) is 25.4 Å². The molecule has 1 amide bonds. The van der Waals surface area contributed by atoms with Gasteiger partial charge in [-0.2, -0.15) is 0 Å². The number of rotatable bonds is 5. The van der Waals surface area contributed by atoms with Crippen molar-refractivity contribution in [1.82, 2.24) is 0 Å². The van der Waals surface area contributed by atoms with E-state index in [-0.39, 0.29) is 5.91 Å². The van der Waals surface area contributed by atoms with Gasteiger partial charge in [0.1, 0.15) is 5.75 Å². The van der Waals surface area contributed by atoms with Gasteiger partial charge in [-0.25, -0.2) is 0 Å². The van der Waals surface area contributed by atoms with E-state index in [0.717, 1.165) is 0 Å². The smallest absolute Gasteiger partial charge is 0.241 e. The highest BCUT2D eigenvalue weighted by Gasteiger charge is 2.15. The molecule has 1 aromatic carbocycles. The maximum atomic E-state index is 11.8. The second kappa shape index (κ2) is 6.61. The molecule has 0 aliphatic carbocycles. The van der Waals surface area contributed by atoms with Crippen LogP contribution in [-0.4, -0.2) is 19.1 Å². The first-order valence-electron chi connectivity index (χ1n) is 5.84. The number of hydrogen-bond donors (Lipinski definition) is 2. The third kappa shape index (κ3) is 4.20. The molecule has 18 heavy (non-hydrogen) atoms. The van der Waals surface area contributed by atoms with Gasteiger partial charge in [-0.15, -0.1) is 0 Å². The molecule has 5 heteroatoms. The number of anilines is 1. The van der Waals surface area contributed by atoms with Crippen LogP contribution in [0.5, 0.6) is 5.75 Å². The molecule has 0 bridgehead atoms. The Morgan fingerprint density at radius 2 is 2.17 bits per heavy atom. The van der Waals surface area contributed by atoms with Crippen molar-refractivity contribution in [3.8, 4) is 5.75 Å². The predicted molar refractivity (Wildman–Crippen MR) is 74.1 cm³/mol. The molecule has 0 heterocycles. The summed E-state index contributed by atoms with van der Waals surface area (Å²) in [6.45, 7) is 4.05. The second-order valence-corrected chi connectivity index (χ2v) is 4.98. The van der Waals surface area contributed by atoms with Crippen molar-refractivity contribution in [2.75, 3.05) is 12.4 Å². The molecule has 3 N–H and O–H groups in total. The van der Waals surface area contributed by atoms with Crippen LogP contribution in [0.4, 0.5) is 5.69 Å². The molecule has 0 fully saturated rings. The molecule has 100 valence electrons. The fraction of sp³-hybridized carbons (Fsp3) is 0.462. The van der Waals surface area contributed by atoms with E-state index in [4.69, 9.17) is 22.1 Å². The Kier molecular flexibility index (Phi) is 5.44. The molecule has 0 saturated heterocycles. The summed E-state index contributed by atoms with van der Waals surface area (Å²) in [5.41, 5.74) is 6.41. The molecule has 1 aromatic rings. The van der Waals surface area contributed by atoms with Gasteiger partial charge in [0.15, 0.2) is 0 Å². The number of methoxy groups -OCH3 is 1. The zero-order chi connectivity index (χ0) is 13.7. The summed E-state index contributed by atoms with van der Waals surface area (Å²) in [6.07, 6.45) is 0.649. The van der Waals surface area contributed by atoms with Crippen LogP contribution >= 0.6 is 11.6 Å². The van der Waals surface area contributed by atoms with Gasteiger partial charge in [0.2, 0.25) is 5.91 Å². The average Bonchev–Trinajstić information content (AvgIpc) is 2.28. The largest absolute Gasteiger partial charge is 0.495 e. The lowest BCUT2D eigenvalue weighted by atomic mass is 10.0. The second-order valence-electron chi connectivity index (χ2n) is 4.57. The Hall–Kier alpha value is -1.26. The standard InChI is InChI=1S/C13H19ClN2O2/c1-8(2)6-11(15)13(17)16-9-4-5-12(18-3)10(14)7-9/h4-5,7-8,11H,6,15H2,1-3H3,(H,16,17)/t11-/m0/s1. The van der Waals surface area contributed by atoms with Gasteiger partial charge in [0.05, 0.1) is 18.2 Å². The third-order valence-electron chi connectivity index (χ3n) is 2.48. The molecule has 4 nitrogen and oxygen atoms in total. The molecule has 0 radical (unpaired) electrons. The van der Waals surface area contributed by atoms with E-state index in [9.17, 15) is 4.79 Å². The van der Waals surface area contributed by atoms with Crippen LogP contribution in [0.25, 0.3) is 0 Å². The Bertz CT molecular complexity index is 421. The van der Waals surface area contributed by atoms with Crippen molar-refractivity contribution in [3.05, 3.63) is 23.2 Å². The molecular formula is C13H19ClN2O2. The molecule has 0 aliphatic heterocycles. The topological polar surface area (TPSA) is 64.3 Å². The minimum Gasteiger partial charge on any atom is -0.495 e.